The Morgan fingerprint density at radius 1 is 1.45 bits per heavy atom. The van der Waals surface area contributed by atoms with E-state index in [9.17, 15) is 0 Å². The van der Waals surface area contributed by atoms with E-state index < -0.39 is 0 Å². The van der Waals surface area contributed by atoms with Crippen molar-refractivity contribution < 1.29 is 4.74 Å². The van der Waals surface area contributed by atoms with Gasteiger partial charge in [-0.2, -0.15) is 0 Å². The summed E-state index contributed by atoms with van der Waals surface area (Å²) >= 11 is 5.18. The Hall–Kier alpha value is -1.34. The standard InChI is InChI=1S/C13H17BrN4OS/c1-4-15-12-11(19-3)13(17-8-16-12)18(2)6-10-5-9(14)7-20-10/h5,7-8H,4,6H2,1-3H3,(H,15,16,17). The highest BCUT2D eigenvalue weighted by atomic mass is 79.9. The first-order chi connectivity index (χ1) is 9.65. The van der Waals surface area contributed by atoms with Crippen molar-refractivity contribution >= 4 is 38.9 Å². The number of anilines is 2. The van der Waals surface area contributed by atoms with E-state index in [0.717, 1.165) is 29.2 Å². The Bertz CT molecular complexity index is 575. The van der Waals surface area contributed by atoms with Gasteiger partial charge in [-0.15, -0.1) is 11.3 Å². The molecule has 0 unspecified atom stereocenters. The molecule has 0 aromatic carbocycles. The van der Waals surface area contributed by atoms with Crippen LogP contribution in [0.3, 0.4) is 0 Å². The van der Waals surface area contributed by atoms with E-state index in [2.05, 4.69) is 47.6 Å². The third kappa shape index (κ3) is 3.40. The second-order valence-electron chi connectivity index (χ2n) is 4.20. The van der Waals surface area contributed by atoms with Crippen molar-refractivity contribution in [2.24, 2.45) is 0 Å². The largest absolute Gasteiger partial charge is 0.490 e. The van der Waals surface area contributed by atoms with Crippen LogP contribution >= 0.6 is 27.3 Å². The first-order valence-electron chi connectivity index (χ1n) is 6.22. The van der Waals surface area contributed by atoms with Gasteiger partial charge in [0.05, 0.1) is 13.7 Å². The summed E-state index contributed by atoms with van der Waals surface area (Å²) in [6.07, 6.45) is 1.55. The highest BCUT2D eigenvalue weighted by molar-refractivity contribution is 9.10. The van der Waals surface area contributed by atoms with Crippen molar-refractivity contribution in [1.29, 1.82) is 0 Å². The van der Waals surface area contributed by atoms with Crippen molar-refractivity contribution in [1.82, 2.24) is 9.97 Å². The Balaban J connectivity index is 2.24. The van der Waals surface area contributed by atoms with E-state index in [1.807, 2.05) is 14.0 Å². The summed E-state index contributed by atoms with van der Waals surface area (Å²) in [6, 6.07) is 2.11. The number of methoxy groups -OCH3 is 1. The quantitative estimate of drug-likeness (QED) is 0.859. The Morgan fingerprint density at radius 3 is 2.85 bits per heavy atom. The fourth-order valence-electron chi connectivity index (χ4n) is 1.86. The molecule has 0 aliphatic rings. The zero-order valence-electron chi connectivity index (χ0n) is 11.7. The number of hydrogen-bond acceptors (Lipinski definition) is 6. The molecule has 2 heterocycles. The van der Waals surface area contributed by atoms with Gasteiger partial charge in [-0.3, -0.25) is 0 Å². The van der Waals surface area contributed by atoms with Gasteiger partial charge in [-0.1, -0.05) is 0 Å². The number of nitrogens with one attached hydrogen (secondary N) is 1. The fourth-order valence-corrected chi connectivity index (χ4v) is 3.37. The molecule has 0 fully saturated rings. The van der Waals surface area contributed by atoms with Crippen LogP contribution in [-0.2, 0) is 6.54 Å². The lowest BCUT2D eigenvalue weighted by Gasteiger charge is -2.21. The highest BCUT2D eigenvalue weighted by Gasteiger charge is 2.16. The molecule has 20 heavy (non-hydrogen) atoms. The summed E-state index contributed by atoms with van der Waals surface area (Å²) in [5, 5.41) is 5.26. The molecule has 0 saturated carbocycles. The summed E-state index contributed by atoms with van der Waals surface area (Å²) in [5.41, 5.74) is 0. The molecule has 0 aliphatic heterocycles. The molecule has 0 spiro atoms. The van der Waals surface area contributed by atoms with Gasteiger partial charge in [0.15, 0.2) is 11.6 Å². The van der Waals surface area contributed by atoms with Gasteiger partial charge in [0.2, 0.25) is 5.75 Å². The predicted octanol–water partition coefficient (Wildman–Crippen LogP) is 3.38. The first-order valence-corrected chi connectivity index (χ1v) is 7.89. The average Bonchev–Trinajstić information content (AvgIpc) is 2.84. The summed E-state index contributed by atoms with van der Waals surface area (Å²) in [5.74, 6) is 2.18. The molecule has 5 nitrogen and oxygen atoms in total. The van der Waals surface area contributed by atoms with Crippen LogP contribution in [0.4, 0.5) is 11.6 Å². The Morgan fingerprint density at radius 2 is 2.25 bits per heavy atom. The molecule has 0 saturated heterocycles. The molecule has 0 aliphatic carbocycles. The smallest absolute Gasteiger partial charge is 0.204 e. The van der Waals surface area contributed by atoms with Crippen molar-refractivity contribution in [2.75, 3.05) is 30.9 Å². The van der Waals surface area contributed by atoms with Crippen LogP contribution in [0.1, 0.15) is 11.8 Å². The summed E-state index contributed by atoms with van der Waals surface area (Å²) in [7, 11) is 3.63. The molecule has 2 aromatic heterocycles. The van der Waals surface area contributed by atoms with Gasteiger partial charge in [0.25, 0.3) is 0 Å². The molecule has 0 bridgehead atoms. The molecular formula is C13H17BrN4OS. The average molecular weight is 357 g/mol. The number of thiophene rings is 1. The molecule has 2 rings (SSSR count). The molecule has 0 radical (unpaired) electrons. The lowest BCUT2D eigenvalue weighted by Crippen LogP contribution is -2.19. The van der Waals surface area contributed by atoms with E-state index in [0.29, 0.717) is 5.75 Å². The summed E-state index contributed by atoms with van der Waals surface area (Å²) < 4.78 is 6.56. The van der Waals surface area contributed by atoms with Gasteiger partial charge in [0, 0.05) is 28.3 Å². The second kappa shape index (κ2) is 6.90. The maximum atomic E-state index is 5.46. The molecule has 108 valence electrons. The van der Waals surface area contributed by atoms with Gasteiger partial charge in [-0.05, 0) is 28.9 Å². The van der Waals surface area contributed by atoms with Gasteiger partial charge < -0.3 is 15.0 Å². The SMILES string of the molecule is CCNc1ncnc(N(C)Cc2cc(Br)cs2)c1OC. The normalized spacial score (nSPS) is 10.4. The van der Waals surface area contributed by atoms with Crippen LogP contribution in [0.5, 0.6) is 5.75 Å². The van der Waals surface area contributed by atoms with Crippen LogP contribution in [-0.4, -0.2) is 30.7 Å². The number of halogens is 1. The zero-order chi connectivity index (χ0) is 14.5. The van der Waals surface area contributed by atoms with Crippen LogP contribution in [0.2, 0.25) is 0 Å². The topological polar surface area (TPSA) is 50.3 Å². The van der Waals surface area contributed by atoms with Gasteiger partial charge >= 0.3 is 0 Å². The van der Waals surface area contributed by atoms with Crippen molar-refractivity contribution in [2.45, 2.75) is 13.5 Å². The first kappa shape index (κ1) is 15.1. The minimum atomic E-state index is 0.674. The summed E-state index contributed by atoms with van der Waals surface area (Å²) in [4.78, 5) is 11.9. The molecule has 2 aromatic rings. The molecule has 0 amide bonds. The Labute approximate surface area is 131 Å². The maximum Gasteiger partial charge on any atom is 0.204 e. The third-order valence-corrected chi connectivity index (χ3v) is 4.39. The van der Waals surface area contributed by atoms with Crippen molar-refractivity contribution in [3.63, 3.8) is 0 Å². The second-order valence-corrected chi connectivity index (χ2v) is 6.11. The maximum absolute atomic E-state index is 5.46. The number of aromatic nitrogens is 2. The molecule has 7 heteroatoms. The van der Waals surface area contributed by atoms with E-state index in [1.165, 1.54) is 4.88 Å². The van der Waals surface area contributed by atoms with Crippen LogP contribution < -0.4 is 15.0 Å². The van der Waals surface area contributed by atoms with Crippen molar-refractivity contribution in [3.8, 4) is 5.75 Å². The minimum absolute atomic E-state index is 0.674. The third-order valence-electron chi connectivity index (χ3n) is 2.71. The van der Waals surface area contributed by atoms with E-state index in [-0.39, 0.29) is 0 Å². The Kier molecular flexibility index (Phi) is 5.19. The van der Waals surface area contributed by atoms with Gasteiger partial charge in [-0.25, -0.2) is 9.97 Å². The van der Waals surface area contributed by atoms with Crippen LogP contribution in [0.25, 0.3) is 0 Å². The number of hydrogen-bond donors (Lipinski definition) is 1. The van der Waals surface area contributed by atoms with E-state index in [4.69, 9.17) is 4.74 Å². The zero-order valence-corrected chi connectivity index (χ0v) is 14.1. The van der Waals surface area contributed by atoms with Gasteiger partial charge in [0.1, 0.15) is 6.33 Å². The van der Waals surface area contributed by atoms with E-state index in [1.54, 1.807) is 24.8 Å². The summed E-state index contributed by atoms with van der Waals surface area (Å²) in [6.45, 7) is 3.58. The van der Waals surface area contributed by atoms with Crippen LogP contribution in [0, 0.1) is 0 Å². The molecule has 0 atom stereocenters. The minimum Gasteiger partial charge on any atom is -0.490 e. The molecular weight excluding hydrogens is 340 g/mol. The van der Waals surface area contributed by atoms with Crippen LogP contribution in [0.15, 0.2) is 22.2 Å². The fraction of sp³-hybridized carbons (Fsp3) is 0.385. The predicted molar refractivity (Wildman–Crippen MR) is 86.9 cm³/mol. The lowest BCUT2D eigenvalue weighted by molar-refractivity contribution is 0.412. The monoisotopic (exact) mass is 356 g/mol. The van der Waals surface area contributed by atoms with Crippen molar-refractivity contribution in [3.05, 3.63) is 27.1 Å². The number of rotatable bonds is 6. The molecule has 1 N–H and O–H groups in total. The highest BCUT2D eigenvalue weighted by Crippen LogP contribution is 2.32. The lowest BCUT2D eigenvalue weighted by atomic mass is 10.4. The number of ether oxygens (including phenoxy) is 1. The van der Waals surface area contributed by atoms with E-state index >= 15 is 0 Å². The number of nitrogens with zero attached hydrogens (tertiary/aromatic N) is 3.